The number of carbonyl (C=O) groups is 1. The first kappa shape index (κ1) is 18.5. The maximum absolute atomic E-state index is 12.3. The second-order valence-corrected chi connectivity index (χ2v) is 6.13. The number of aryl methyl sites for hydroxylation is 1. The zero-order valence-electron chi connectivity index (χ0n) is 15.4. The molecule has 0 aliphatic rings. The molecule has 2 aromatic carbocycles. The molecule has 1 amide bonds. The third-order valence-corrected chi connectivity index (χ3v) is 4.21. The largest absolute Gasteiger partial charge is 0.493 e. The van der Waals surface area contributed by atoms with Gasteiger partial charge in [0.25, 0.3) is 5.91 Å². The van der Waals surface area contributed by atoms with Gasteiger partial charge >= 0.3 is 0 Å². The molecule has 1 heterocycles. The number of hydrogen-bond acceptors (Lipinski definition) is 4. The SMILES string of the molecule is COc1cc(CNC(=O)c2ccccc2C)ccc1OCc1ccncc1. The Bertz CT molecular complexity index is 910. The fourth-order valence-electron chi connectivity index (χ4n) is 2.69. The molecule has 0 atom stereocenters. The van der Waals surface area contributed by atoms with Crippen LogP contribution in [0.1, 0.15) is 27.0 Å². The normalized spacial score (nSPS) is 10.3. The maximum Gasteiger partial charge on any atom is 0.251 e. The number of nitrogens with one attached hydrogen (secondary N) is 1. The summed E-state index contributed by atoms with van der Waals surface area (Å²) in [4.78, 5) is 16.3. The van der Waals surface area contributed by atoms with Gasteiger partial charge in [-0.2, -0.15) is 0 Å². The minimum absolute atomic E-state index is 0.0925. The first-order chi connectivity index (χ1) is 13.2. The van der Waals surface area contributed by atoms with E-state index in [-0.39, 0.29) is 5.91 Å². The molecular formula is C22H22N2O3. The molecule has 0 radical (unpaired) electrons. The summed E-state index contributed by atoms with van der Waals surface area (Å²) in [6.07, 6.45) is 3.46. The van der Waals surface area contributed by atoms with Gasteiger partial charge < -0.3 is 14.8 Å². The first-order valence-corrected chi connectivity index (χ1v) is 8.70. The molecule has 5 nitrogen and oxygen atoms in total. The average molecular weight is 362 g/mol. The summed E-state index contributed by atoms with van der Waals surface area (Å²) in [5.41, 5.74) is 3.60. The van der Waals surface area contributed by atoms with E-state index in [1.807, 2.05) is 61.5 Å². The fraction of sp³-hybridized carbons (Fsp3) is 0.182. The monoisotopic (exact) mass is 362 g/mol. The van der Waals surface area contributed by atoms with Gasteiger partial charge in [-0.1, -0.05) is 24.3 Å². The van der Waals surface area contributed by atoms with E-state index in [0.717, 1.165) is 16.7 Å². The zero-order valence-corrected chi connectivity index (χ0v) is 15.4. The number of ether oxygens (including phenoxy) is 2. The average Bonchev–Trinajstić information content (AvgIpc) is 2.71. The zero-order chi connectivity index (χ0) is 19.1. The number of carbonyl (C=O) groups excluding carboxylic acids is 1. The van der Waals surface area contributed by atoms with Crippen LogP contribution in [0.2, 0.25) is 0 Å². The van der Waals surface area contributed by atoms with Gasteiger partial charge in [0, 0.05) is 24.5 Å². The van der Waals surface area contributed by atoms with Crippen LogP contribution in [0.5, 0.6) is 11.5 Å². The highest BCUT2D eigenvalue weighted by Crippen LogP contribution is 2.28. The van der Waals surface area contributed by atoms with Crippen LogP contribution in [0.15, 0.2) is 67.0 Å². The summed E-state index contributed by atoms with van der Waals surface area (Å²) in [5.74, 6) is 1.19. The second kappa shape index (κ2) is 8.85. The molecule has 0 aliphatic heterocycles. The molecule has 0 unspecified atom stereocenters. The highest BCUT2D eigenvalue weighted by atomic mass is 16.5. The lowest BCUT2D eigenvalue weighted by Crippen LogP contribution is -2.23. The third-order valence-electron chi connectivity index (χ3n) is 4.21. The maximum atomic E-state index is 12.3. The Hall–Kier alpha value is -3.34. The van der Waals surface area contributed by atoms with Crippen molar-refractivity contribution in [2.24, 2.45) is 0 Å². The van der Waals surface area contributed by atoms with Gasteiger partial charge in [-0.25, -0.2) is 0 Å². The van der Waals surface area contributed by atoms with Crippen molar-refractivity contribution in [1.82, 2.24) is 10.3 Å². The molecule has 0 bridgehead atoms. The van der Waals surface area contributed by atoms with Crippen molar-refractivity contribution >= 4 is 5.91 Å². The highest BCUT2D eigenvalue weighted by Gasteiger charge is 2.10. The summed E-state index contributed by atoms with van der Waals surface area (Å²) in [6.45, 7) is 2.77. The van der Waals surface area contributed by atoms with E-state index in [4.69, 9.17) is 9.47 Å². The molecule has 138 valence electrons. The molecule has 3 aromatic rings. The third kappa shape index (κ3) is 4.85. The quantitative estimate of drug-likeness (QED) is 0.692. The van der Waals surface area contributed by atoms with E-state index in [0.29, 0.717) is 30.2 Å². The van der Waals surface area contributed by atoms with Crippen LogP contribution in [-0.4, -0.2) is 18.0 Å². The number of rotatable bonds is 7. The van der Waals surface area contributed by atoms with Gasteiger partial charge in [-0.05, 0) is 53.9 Å². The molecule has 1 N–H and O–H groups in total. The first-order valence-electron chi connectivity index (χ1n) is 8.70. The Kier molecular flexibility index (Phi) is 6.05. The van der Waals surface area contributed by atoms with E-state index < -0.39 is 0 Å². The second-order valence-electron chi connectivity index (χ2n) is 6.13. The Morgan fingerprint density at radius 1 is 1.00 bits per heavy atom. The molecule has 1 aromatic heterocycles. The predicted octanol–water partition coefficient (Wildman–Crippen LogP) is 3.91. The lowest BCUT2D eigenvalue weighted by Gasteiger charge is -2.13. The van der Waals surface area contributed by atoms with Gasteiger partial charge in [0.15, 0.2) is 11.5 Å². The minimum Gasteiger partial charge on any atom is -0.493 e. The Morgan fingerprint density at radius 3 is 2.52 bits per heavy atom. The van der Waals surface area contributed by atoms with Gasteiger partial charge in [0.05, 0.1) is 7.11 Å². The van der Waals surface area contributed by atoms with E-state index in [1.165, 1.54) is 0 Å². The summed E-state index contributed by atoms with van der Waals surface area (Å²) in [6, 6.07) is 17.0. The van der Waals surface area contributed by atoms with Crippen molar-refractivity contribution in [3.8, 4) is 11.5 Å². The van der Waals surface area contributed by atoms with Crippen LogP contribution in [-0.2, 0) is 13.2 Å². The van der Waals surface area contributed by atoms with Crippen LogP contribution in [0, 0.1) is 6.92 Å². The van der Waals surface area contributed by atoms with E-state index in [9.17, 15) is 4.79 Å². The van der Waals surface area contributed by atoms with Gasteiger partial charge in [0.1, 0.15) is 6.61 Å². The lowest BCUT2D eigenvalue weighted by molar-refractivity contribution is 0.0950. The van der Waals surface area contributed by atoms with Crippen molar-refractivity contribution in [3.05, 3.63) is 89.2 Å². The summed E-state index contributed by atoms with van der Waals surface area (Å²) < 4.78 is 11.3. The number of aromatic nitrogens is 1. The summed E-state index contributed by atoms with van der Waals surface area (Å²) in [5, 5.41) is 2.94. The summed E-state index contributed by atoms with van der Waals surface area (Å²) >= 11 is 0. The van der Waals surface area contributed by atoms with Crippen molar-refractivity contribution in [3.63, 3.8) is 0 Å². The molecule has 3 rings (SSSR count). The standard InChI is InChI=1S/C22H22N2O3/c1-16-5-3-4-6-19(16)22(25)24-14-18-7-8-20(21(13-18)26-2)27-15-17-9-11-23-12-10-17/h3-13H,14-15H2,1-2H3,(H,24,25). The topological polar surface area (TPSA) is 60.5 Å². The van der Waals surface area contributed by atoms with Gasteiger partial charge in [-0.15, -0.1) is 0 Å². The number of pyridine rings is 1. The molecular weight excluding hydrogens is 340 g/mol. The van der Waals surface area contributed by atoms with Gasteiger partial charge in [0.2, 0.25) is 0 Å². The molecule has 0 spiro atoms. The number of amides is 1. The number of methoxy groups -OCH3 is 1. The lowest BCUT2D eigenvalue weighted by atomic mass is 10.1. The van der Waals surface area contributed by atoms with Crippen LogP contribution < -0.4 is 14.8 Å². The molecule has 0 saturated carbocycles. The molecule has 0 saturated heterocycles. The van der Waals surface area contributed by atoms with Crippen molar-refractivity contribution < 1.29 is 14.3 Å². The molecule has 27 heavy (non-hydrogen) atoms. The minimum atomic E-state index is -0.0925. The highest BCUT2D eigenvalue weighted by molar-refractivity contribution is 5.95. The summed E-state index contributed by atoms with van der Waals surface area (Å²) in [7, 11) is 1.60. The number of benzene rings is 2. The van der Waals surface area contributed by atoms with E-state index in [1.54, 1.807) is 19.5 Å². The Balaban J connectivity index is 1.63. The predicted molar refractivity (Wildman–Crippen MR) is 104 cm³/mol. The Labute approximate surface area is 159 Å². The van der Waals surface area contributed by atoms with Crippen LogP contribution in [0.25, 0.3) is 0 Å². The van der Waals surface area contributed by atoms with Crippen molar-refractivity contribution in [2.45, 2.75) is 20.1 Å². The van der Waals surface area contributed by atoms with E-state index in [2.05, 4.69) is 10.3 Å². The van der Waals surface area contributed by atoms with Crippen molar-refractivity contribution in [2.75, 3.05) is 7.11 Å². The van der Waals surface area contributed by atoms with Crippen molar-refractivity contribution in [1.29, 1.82) is 0 Å². The smallest absolute Gasteiger partial charge is 0.251 e. The molecule has 5 heteroatoms. The Morgan fingerprint density at radius 2 is 1.78 bits per heavy atom. The van der Waals surface area contributed by atoms with Crippen LogP contribution in [0.3, 0.4) is 0 Å². The molecule has 0 fully saturated rings. The van der Waals surface area contributed by atoms with E-state index >= 15 is 0 Å². The number of nitrogens with zero attached hydrogens (tertiary/aromatic N) is 1. The van der Waals surface area contributed by atoms with Crippen LogP contribution >= 0.6 is 0 Å². The van der Waals surface area contributed by atoms with Crippen LogP contribution in [0.4, 0.5) is 0 Å². The van der Waals surface area contributed by atoms with Gasteiger partial charge in [-0.3, -0.25) is 9.78 Å². The molecule has 0 aliphatic carbocycles. The number of hydrogen-bond donors (Lipinski definition) is 1. The fourth-order valence-corrected chi connectivity index (χ4v) is 2.69.